The van der Waals surface area contributed by atoms with Crippen molar-refractivity contribution in [1.82, 2.24) is 20.1 Å². The molecule has 9 nitrogen and oxygen atoms in total. The van der Waals surface area contributed by atoms with Gasteiger partial charge < -0.3 is 20.2 Å². The summed E-state index contributed by atoms with van der Waals surface area (Å²) in [5, 5.41) is 14.1. The third-order valence-corrected chi connectivity index (χ3v) is 7.86. The Balaban J connectivity index is 1.27. The molecule has 2 aliphatic rings. The highest BCUT2D eigenvalue weighted by Gasteiger charge is 2.52. The predicted octanol–water partition coefficient (Wildman–Crippen LogP) is 2.98. The molecule has 2 fully saturated rings. The van der Waals surface area contributed by atoms with Gasteiger partial charge >= 0.3 is 0 Å². The molecule has 3 heterocycles. The summed E-state index contributed by atoms with van der Waals surface area (Å²) in [5.41, 5.74) is 1.41. The topological polar surface area (TPSA) is 120 Å². The van der Waals surface area contributed by atoms with E-state index < -0.39 is 29.9 Å². The largest absolute Gasteiger partial charge is 0.508 e. The summed E-state index contributed by atoms with van der Waals surface area (Å²) in [6.07, 6.45) is 2.16. The zero-order chi connectivity index (χ0) is 28.5. The van der Waals surface area contributed by atoms with Crippen LogP contribution in [0.2, 0.25) is 0 Å². The average molecular weight is 549 g/mol. The fourth-order valence-corrected chi connectivity index (χ4v) is 5.88. The number of amides is 3. The van der Waals surface area contributed by atoms with Gasteiger partial charge in [0.15, 0.2) is 5.78 Å². The third-order valence-electron chi connectivity index (χ3n) is 7.86. The molecule has 4 aromatic rings. The van der Waals surface area contributed by atoms with Gasteiger partial charge in [-0.25, -0.2) is 0 Å². The lowest BCUT2D eigenvalue weighted by atomic mass is 10.0. The summed E-state index contributed by atoms with van der Waals surface area (Å²) in [4.78, 5) is 61.4. The number of rotatable bonds is 6. The van der Waals surface area contributed by atoms with E-state index in [4.69, 9.17) is 0 Å². The quantitative estimate of drug-likeness (QED) is 0.382. The van der Waals surface area contributed by atoms with Gasteiger partial charge in [0.1, 0.15) is 23.5 Å². The van der Waals surface area contributed by atoms with Crippen molar-refractivity contribution in [3.8, 4) is 5.75 Å². The number of phenolic OH excluding ortho intramolecular Hbond substituents is 1. The lowest BCUT2D eigenvalue weighted by molar-refractivity contribution is -0.138. The molecule has 0 aliphatic carbocycles. The monoisotopic (exact) mass is 548 g/mol. The number of pyridine rings is 1. The second-order valence-electron chi connectivity index (χ2n) is 10.4. The number of hydrogen-bond acceptors (Lipinski definition) is 6. The number of nitrogens with zero attached hydrogens (tertiary/aromatic N) is 3. The Morgan fingerprint density at radius 2 is 1.66 bits per heavy atom. The molecule has 3 aromatic carbocycles. The Kier molecular flexibility index (Phi) is 6.93. The number of benzene rings is 3. The van der Waals surface area contributed by atoms with Gasteiger partial charge in [0, 0.05) is 30.1 Å². The van der Waals surface area contributed by atoms with Crippen LogP contribution >= 0.6 is 0 Å². The van der Waals surface area contributed by atoms with Gasteiger partial charge in [-0.1, -0.05) is 54.6 Å². The van der Waals surface area contributed by atoms with Gasteiger partial charge in [-0.15, -0.1) is 0 Å². The van der Waals surface area contributed by atoms with Gasteiger partial charge in [0.25, 0.3) is 11.8 Å². The van der Waals surface area contributed by atoms with Crippen molar-refractivity contribution in [2.45, 2.75) is 31.0 Å². The van der Waals surface area contributed by atoms with Crippen molar-refractivity contribution in [2.24, 2.45) is 0 Å². The Morgan fingerprint density at radius 1 is 0.927 bits per heavy atom. The molecule has 0 radical (unpaired) electrons. The SMILES string of the molecule is O=C(N[C@@H](Cc1ccc(O)cc1)C(=O)N1CC[C@@H]2[C@H]1C(=O)CN2C(=O)c1ccccc1)c1nccc2ccccc12. The van der Waals surface area contributed by atoms with Crippen LogP contribution in [-0.2, 0) is 16.0 Å². The first-order chi connectivity index (χ1) is 19.9. The third kappa shape index (κ3) is 5.02. The molecule has 2 N–H and O–H groups in total. The molecule has 6 rings (SSSR count). The molecular formula is C32H28N4O5. The van der Waals surface area contributed by atoms with Crippen LogP contribution < -0.4 is 5.32 Å². The number of fused-ring (bicyclic) bond motifs is 2. The summed E-state index contributed by atoms with van der Waals surface area (Å²) in [7, 11) is 0. The Labute approximate surface area is 236 Å². The fraction of sp³-hybridized carbons (Fsp3) is 0.219. The summed E-state index contributed by atoms with van der Waals surface area (Å²) in [6.45, 7) is 0.217. The smallest absolute Gasteiger partial charge is 0.271 e. The van der Waals surface area contributed by atoms with Crippen molar-refractivity contribution in [2.75, 3.05) is 13.1 Å². The van der Waals surface area contributed by atoms with Crippen LogP contribution in [0.5, 0.6) is 5.75 Å². The first-order valence-corrected chi connectivity index (χ1v) is 13.5. The molecular weight excluding hydrogens is 520 g/mol. The molecule has 3 atom stereocenters. The van der Waals surface area contributed by atoms with Crippen molar-refractivity contribution >= 4 is 34.3 Å². The van der Waals surface area contributed by atoms with E-state index in [0.717, 1.165) is 10.9 Å². The lowest BCUT2D eigenvalue weighted by Gasteiger charge is -2.28. The van der Waals surface area contributed by atoms with E-state index in [0.29, 0.717) is 17.4 Å². The standard InChI is InChI=1S/C32H28N4O5/c37-23-12-10-20(11-13-23)18-25(34-30(39)28-24-9-5-4-6-21(24)14-16-33-28)32(41)35-17-15-26-29(35)27(38)19-36(26)31(40)22-7-2-1-3-8-22/h1-14,16,25-26,29,37H,15,17-19H2,(H,34,39)/t25-,26+,29-/m0/s1. The molecule has 206 valence electrons. The number of likely N-dealkylation sites (tertiary alicyclic amines) is 2. The fourth-order valence-electron chi connectivity index (χ4n) is 5.88. The number of ketones is 1. The van der Waals surface area contributed by atoms with Crippen molar-refractivity contribution in [1.29, 1.82) is 0 Å². The number of phenols is 1. The highest BCUT2D eigenvalue weighted by atomic mass is 16.3. The Bertz CT molecular complexity index is 1630. The van der Waals surface area contributed by atoms with Crippen LogP contribution in [0, 0.1) is 0 Å². The van der Waals surface area contributed by atoms with E-state index in [-0.39, 0.29) is 42.6 Å². The minimum Gasteiger partial charge on any atom is -0.508 e. The number of aromatic hydroxyl groups is 1. The minimum absolute atomic E-state index is 0.0677. The number of aromatic nitrogens is 1. The molecule has 0 unspecified atom stereocenters. The number of Topliss-reactive ketones (excluding diaryl/α,β-unsaturated/α-hetero) is 1. The van der Waals surface area contributed by atoms with Gasteiger partial charge in [-0.05, 0) is 47.7 Å². The molecule has 0 spiro atoms. The van der Waals surface area contributed by atoms with Crippen molar-refractivity contribution < 1.29 is 24.3 Å². The lowest BCUT2D eigenvalue weighted by Crippen LogP contribution is -2.53. The maximum absolute atomic E-state index is 14.1. The number of carbonyl (C=O) groups excluding carboxylic acids is 4. The molecule has 41 heavy (non-hydrogen) atoms. The minimum atomic E-state index is -1.00. The van der Waals surface area contributed by atoms with Gasteiger partial charge in [-0.3, -0.25) is 24.2 Å². The summed E-state index contributed by atoms with van der Waals surface area (Å²) >= 11 is 0. The molecule has 1 aromatic heterocycles. The van der Waals surface area contributed by atoms with E-state index in [1.807, 2.05) is 30.3 Å². The maximum Gasteiger partial charge on any atom is 0.271 e. The molecule has 3 amide bonds. The zero-order valence-corrected chi connectivity index (χ0v) is 22.1. The van der Waals surface area contributed by atoms with Gasteiger partial charge in [0.05, 0.1) is 12.6 Å². The van der Waals surface area contributed by atoms with E-state index in [1.165, 1.54) is 17.0 Å². The van der Waals surface area contributed by atoms with Crippen LogP contribution in [0.25, 0.3) is 10.8 Å². The van der Waals surface area contributed by atoms with E-state index in [1.54, 1.807) is 53.6 Å². The molecule has 0 saturated carbocycles. The maximum atomic E-state index is 14.1. The summed E-state index contributed by atoms with van der Waals surface area (Å²) in [5.74, 6) is -1.26. The van der Waals surface area contributed by atoms with Crippen molar-refractivity contribution in [3.05, 3.63) is 108 Å². The van der Waals surface area contributed by atoms with Crippen molar-refractivity contribution in [3.63, 3.8) is 0 Å². The molecule has 2 saturated heterocycles. The predicted molar refractivity (Wildman–Crippen MR) is 151 cm³/mol. The Hall–Kier alpha value is -5.05. The highest BCUT2D eigenvalue weighted by Crippen LogP contribution is 2.32. The molecule has 9 heteroatoms. The van der Waals surface area contributed by atoms with Crippen LogP contribution in [0.1, 0.15) is 32.8 Å². The highest BCUT2D eigenvalue weighted by molar-refractivity contribution is 6.07. The summed E-state index contributed by atoms with van der Waals surface area (Å²) in [6, 6.07) is 22.2. The molecule has 0 bridgehead atoms. The second kappa shape index (κ2) is 10.8. The number of hydrogen-bond donors (Lipinski definition) is 2. The second-order valence-corrected chi connectivity index (χ2v) is 10.4. The van der Waals surface area contributed by atoms with Crippen LogP contribution in [-0.4, -0.2) is 74.6 Å². The molecule has 2 aliphatic heterocycles. The van der Waals surface area contributed by atoms with Crippen LogP contribution in [0.3, 0.4) is 0 Å². The Morgan fingerprint density at radius 3 is 2.44 bits per heavy atom. The number of carbonyl (C=O) groups is 4. The van der Waals surface area contributed by atoms with Crippen LogP contribution in [0.4, 0.5) is 0 Å². The van der Waals surface area contributed by atoms with Gasteiger partial charge in [-0.2, -0.15) is 0 Å². The van der Waals surface area contributed by atoms with Gasteiger partial charge in [0.2, 0.25) is 5.91 Å². The normalized spacial score (nSPS) is 18.8. The number of nitrogens with one attached hydrogen (secondary N) is 1. The first-order valence-electron chi connectivity index (χ1n) is 13.5. The van der Waals surface area contributed by atoms with Crippen LogP contribution in [0.15, 0.2) is 91.1 Å². The van der Waals surface area contributed by atoms with E-state index in [9.17, 15) is 24.3 Å². The first kappa shape index (κ1) is 26.2. The summed E-state index contributed by atoms with van der Waals surface area (Å²) < 4.78 is 0. The van der Waals surface area contributed by atoms with E-state index in [2.05, 4.69) is 10.3 Å². The van der Waals surface area contributed by atoms with E-state index >= 15 is 0 Å². The average Bonchev–Trinajstić information content (AvgIpc) is 3.58. The zero-order valence-electron chi connectivity index (χ0n) is 22.1.